The quantitative estimate of drug-likeness (QED) is 0.701. The van der Waals surface area contributed by atoms with Crippen LogP contribution in [0.1, 0.15) is 44.2 Å². The van der Waals surface area contributed by atoms with Crippen molar-refractivity contribution in [3.05, 3.63) is 35.6 Å². The van der Waals surface area contributed by atoms with E-state index in [9.17, 15) is 18.8 Å². The lowest BCUT2D eigenvalue weighted by molar-refractivity contribution is -0.134. The smallest absolute Gasteiger partial charge is 0.326 e. The first-order chi connectivity index (χ1) is 12.4. The Morgan fingerprint density at radius 2 is 2.00 bits per heavy atom. The monoisotopic (exact) mass is 361 g/mol. The molecule has 26 heavy (non-hydrogen) atoms. The van der Waals surface area contributed by atoms with E-state index in [-0.39, 0.29) is 55.3 Å². The van der Waals surface area contributed by atoms with Gasteiger partial charge in [0.25, 0.3) is 0 Å². The summed E-state index contributed by atoms with van der Waals surface area (Å²) in [4.78, 5) is 40.7. The second kappa shape index (κ2) is 7.43. The molecule has 0 aromatic heterocycles. The van der Waals surface area contributed by atoms with E-state index in [1.54, 1.807) is 30.1 Å². The fourth-order valence-corrected chi connectivity index (χ4v) is 3.46. The number of benzene rings is 1. The summed E-state index contributed by atoms with van der Waals surface area (Å²) in [5.74, 6) is -0.603. The highest BCUT2D eigenvalue weighted by Crippen LogP contribution is 2.35. The first-order valence-corrected chi connectivity index (χ1v) is 9.01. The number of likely N-dealkylation sites (N-methyl/N-ethyl adjacent to an activating group) is 1. The zero-order chi connectivity index (χ0) is 18.8. The molecule has 1 aromatic carbocycles. The Balaban J connectivity index is 1.60. The van der Waals surface area contributed by atoms with Crippen LogP contribution in [-0.2, 0) is 9.59 Å². The van der Waals surface area contributed by atoms with Gasteiger partial charge in [0.1, 0.15) is 12.4 Å². The van der Waals surface area contributed by atoms with Crippen molar-refractivity contribution in [1.29, 1.82) is 0 Å². The molecule has 1 aromatic rings. The number of urea groups is 1. The molecule has 2 fully saturated rings. The van der Waals surface area contributed by atoms with Crippen molar-refractivity contribution in [2.75, 3.05) is 20.1 Å². The molecular formula is C19H24FN3O3. The zero-order valence-corrected chi connectivity index (χ0v) is 15.2. The van der Waals surface area contributed by atoms with E-state index in [1.807, 2.05) is 6.92 Å². The average molecular weight is 361 g/mol. The average Bonchev–Trinajstić information content (AvgIpc) is 3.39. The fourth-order valence-electron chi connectivity index (χ4n) is 3.46. The largest absolute Gasteiger partial charge is 0.333 e. The summed E-state index contributed by atoms with van der Waals surface area (Å²) < 4.78 is 14.1. The number of rotatable bonds is 7. The normalized spacial score (nSPS) is 18.4. The number of hydrogen-bond donors (Lipinski definition) is 0. The van der Waals surface area contributed by atoms with Gasteiger partial charge in [-0.05, 0) is 32.3 Å². The highest BCUT2D eigenvalue weighted by Gasteiger charge is 2.37. The molecule has 1 aliphatic heterocycles. The first-order valence-electron chi connectivity index (χ1n) is 9.01. The molecule has 1 saturated heterocycles. The topological polar surface area (TPSA) is 60.9 Å². The van der Waals surface area contributed by atoms with Gasteiger partial charge in [-0.2, -0.15) is 0 Å². The zero-order valence-electron chi connectivity index (χ0n) is 15.2. The number of nitrogens with zero attached hydrogens (tertiary/aromatic N) is 3. The number of imide groups is 1. The van der Waals surface area contributed by atoms with Gasteiger partial charge < -0.3 is 9.80 Å². The summed E-state index contributed by atoms with van der Waals surface area (Å²) in [7, 11) is 1.58. The molecule has 1 unspecified atom stereocenters. The number of halogens is 1. The Morgan fingerprint density at radius 1 is 1.31 bits per heavy atom. The summed E-state index contributed by atoms with van der Waals surface area (Å²) in [5.41, 5.74) is 0.513. The molecule has 0 N–H and O–H groups in total. The fraction of sp³-hybridized carbons (Fsp3) is 0.526. The molecule has 2 aliphatic rings. The minimum Gasteiger partial charge on any atom is -0.333 e. The van der Waals surface area contributed by atoms with Crippen LogP contribution in [0.15, 0.2) is 24.3 Å². The lowest BCUT2D eigenvalue weighted by Crippen LogP contribution is -2.37. The van der Waals surface area contributed by atoms with Crippen LogP contribution in [0, 0.1) is 5.82 Å². The third-order valence-electron chi connectivity index (χ3n) is 5.00. The molecule has 1 atom stereocenters. The van der Waals surface area contributed by atoms with Gasteiger partial charge in [-0.15, -0.1) is 0 Å². The van der Waals surface area contributed by atoms with E-state index in [1.165, 1.54) is 15.9 Å². The molecule has 6 nitrogen and oxygen atoms in total. The number of carbonyl (C=O) groups excluding carboxylic acids is 3. The van der Waals surface area contributed by atoms with Crippen LogP contribution >= 0.6 is 0 Å². The highest BCUT2D eigenvalue weighted by molar-refractivity contribution is 6.01. The summed E-state index contributed by atoms with van der Waals surface area (Å²) in [6.45, 7) is 2.17. The van der Waals surface area contributed by atoms with E-state index < -0.39 is 0 Å². The van der Waals surface area contributed by atoms with Crippen LogP contribution in [0.2, 0.25) is 0 Å². The second-order valence-electron chi connectivity index (χ2n) is 7.02. The number of amides is 4. The van der Waals surface area contributed by atoms with Crippen molar-refractivity contribution in [2.45, 2.75) is 44.7 Å². The van der Waals surface area contributed by atoms with Crippen LogP contribution in [0.25, 0.3) is 0 Å². The molecule has 0 spiro atoms. The summed E-state index contributed by atoms with van der Waals surface area (Å²) >= 11 is 0. The van der Waals surface area contributed by atoms with Gasteiger partial charge in [0.15, 0.2) is 0 Å². The minimum absolute atomic E-state index is 0.0595. The molecule has 1 aliphatic carbocycles. The lowest BCUT2D eigenvalue weighted by atomic mass is 10.1. The summed E-state index contributed by atoms with van der Waals surface area (Å²) in [5, 5.41) is 0. The van der Waals surface area contributed by atoms with Crippen LogP contribution in [-0.4, -0.2) is 58.7 Å². The second-order valence-corrected chi connectivity index (χ2v) is 7.02. The van der Waals surface area contributed by atoms with Crippen molar-refractivity contribution >= 4 is 17.8 Å². The Labute approximate surface area is 152 Å². The first kappa shape index (κ1) is 18.4. The van der Waals surface area contributed by atoms with E-state index in [2.05, 4.69) is 0 Å². The number of hydrogen-bond acceptors (Lipinski definition) is 3. The van der Waals surface area contributed by atoms with Gasteiger partial charge in [-0.25, -0.2) is 9.18 Å². The van der Waals surface area contributed by atoms with Crippen LogP contribution < -0.4 is 0 Å². The molecule has 140 valence electrons. The van der Waals surface area contributed by atoms with Crippen molar-refractivity contribution in [3.8, 4) is 0 Å². The van der Waals surface area contributed by atoms with Gasteiger partial charge in [0.2, 0.25) is 11.8 Å². The highest BCUT2D eigenvalue weighted by atomic mass is 19.1. The van der Waals surface area contributed by atoms with E-state index in [0.717, 1.165) is 12.8 Å². The molecule has 1 heterocycles. The standard InChI is InChI=1S/C19H24FN3O3/c1-13(15-6-3-4-7-16(15)20)23(14-9-10-14)17(24)8-5-11-22-18(25)12-21(2)19(22)26/h3-4,6-7,13-14H,5,8-12H2,1-2H3. The Bertz CT molecular complexity index is 720. The van der Waals surface area contributed by atoms with Crippen LogP contribution in [0.4, 0.5) is 9.18 Å². The maximum atomic E-state index is 14.1. The van der Waals surface area contributed by atoms with E-state index in [4.69, 9.17) is 0 Å². The van der Waals surface area contributed by atoms with Crippen molar-refractivity contribution < 1.29 is 18.8 Å². The third kappa shape index (κ3) is 3.71. The van der Waals surface area contributed by atoms with Gasteiger partial charge in [-0.3, -0.25) is 14.5 Å². The predicted molar refractivity (Wildman–Crippen MR) is 93.7 cm³/mol. The predicted octanol–water partition coefficient (Wildman–Crippen LogP) is 2.55. The SMILES string of the molecule is CC(c1ccccc1F)N(C(=O)CCCN1C(=O)CN(C)C1=O)C1CC1. The Kier molecular flexibility index (Phi) is 5.25. The van der Waals surface area contributed by atoms with Crippen LogP contribution in [0.3, 0.4) is 0 Å². The molecule has 1 saturated carbocycles. The molecular weight excluding hydrogens is 337 g/mol. The number of carbonyl (C=O) groups is 3. The van der Waals surface area contributed by atoms with Crippen molar-refractivity contribution in [3.63, 3.8) is 0 Å². The Morgan fingerprint density at radius 3 is 2.58 bits per heavy atom. The Hall–Kier alpha value is -2.44. The maximum absolute atomic E-state index is 14.1. The lowest BCUT2D eigenvalue weighted by Gasteiger charge is -2.30. The molecule has 0 bridgehead atoms. The summed E-state index contributed by atoms with van der Waals surface area (Å²) in [6.07, 6.45) is 2.50. The van der Waals surface area contributed by atoms with Crippen molar-refractivity contribution in [1.82, 2.24) is 14.7 Å². The molecule has 0 radical (unpaired) electrons. The van der Waals surface area contributed by atoms with Crippen LogP contribution in [0.5, 0.6) is 0 Å². The molecule has 7 heteroatoms. The summed E-state index contributed by atoms with van der Waals surface area (Å²) in [6, 6.07) is 6.02. The van der Waals surface area contributed by atoms with Gasteiger partial charge in [0, 0.05) is 31.6 Å². The minimum atomic E-state index is -0.336. The van der Waals surface area contributed by atoms with Gasteiger partial charge in [0.05, 0.1) is 6.04 Å². The van der Waals surface area contributed by atoms with Gasteiger partial charge >= 0.3 is 6.03 Å². The molecule has 4 amide bonds. The van der Waals surface area contributed by atoms with E-state index in [0.29, 0.717) is 12.0 Å². The maximum Gasteiger partial charge on any atom is 0.326 e. The van der Waals surface area contributed by atoms with E-state index >= 15 is 0 Å². The van der Waals surface area contributed by atoms with Gasteiger partial charge in [-0.1, -0.05) is 18.2 Å². The van der Waals surface area contributed by atoms with Crippen molar-refractivity contribution in [2.24, 2.45) is 0 Å². The third-order valence-corrected chi connectivity index (χ3v) is 5.00. The molecule has 3 rings (SSSR count).